The largest absolute Gasteiger partial charge is 0.314 e. The number of hydrogen-bond donors (Lipinski definition) is 2. The molecule has 17 heavy (non-hydrogen) atoms. The maximum Gasteiger partial charge on any atom is 0.240 e. The van der Waals surface area contributed by atoms with Crippen molar-refractivity contribution in [3.05, 3.63) is 30.3 Å². The van der Waals surface area contributed by atoms with Crippen LogP contribution in [0.1, 0.15) is 20.3 Å². The molecule has 1 rings (SSSR count). The van der Waals surface area contributed by atoms with Crippen molar-refractivity contribution in [3.63, 3.8) is 0 Å². The third-order valence-electron chi connectivity index (χ3n) is 2.20. The van der Waals surface area contributed by atoms with Crippen molar-refractivity contribution < 1.29 is 8.42 Å². The van der Waals surface area contributed by atoms with Crippen LogP contribution in [0.15, 0.2) is 29.2 Å². The third kappa shape index (κ3) is 5.30. The quantitative estimate of drug-likeness (QED) is 0.719. The number of benzene rings is 1. The predicted molar refractivity (Wildman–Crippen MR) is 68.2 cm³/mol. The van der Waals surface area contributed by atoms with Gasteiger partial charge in [0, 0.05) is 12.6 Å². The molecule has 0 heterocycles. The topological polar surface area (TPSA) is 58.2 Å². The van der Waals surface area contributed by atoms with E-state index >= 15 is 0 Å². The van der Waals surface area contributed by atoms with Crippen molar-refractivity contribution in [2.24, 2.45) is 0 Å². The Hall–Kier alpha value is -0.910. The summed E-state index contributed by atoms with van der Waals surface area (Å²) in [5.41, 5.74) is 0. The van der Waals surface area contributed by atoms with Crippen molar-refractivity contribution in [2.75, 3.05) is 13.1 Å². The summed E-state index contributed by atoms with van der Waals surface area (Å²) >= 11 is 0. The van der Waals surface area contributed by atoms with E-state index in [2.05, 4.69) is 30.0 Å². The predicted octanol–water partition coefficient (Wildman–Crippen LogP) is 1.15. The number of hydrogen-bond acceptors (Lipinski definition) is 3. The zero-order valence-electron chi connectivity index (χ0n) is 10.2. The Bertz CT molecular complexity index is 415. The molecule has 2 N–H and O–H groups in total. The van der Waals surface area contributed by atoms with Crippen molar-refractivity contribution in [1.82, 2.24) is 10.0 Å². The highest BCUT2D eigenvalue weighted by Gasteiger charge is 2.11. The molecule has 0 saturated carbocycles. The van der Waals surface area contributed by atoms with Crippen LogP contribution in [0, 0.1) is 6.07 Å². The smallest absolute Gasteiger partial charge is 0.240 e. The normalized spacial score (nSPS) is 11.9. The first-order chi connectivity index (χ1) is 8.02. The molecule has 0 amide bonds. The fourth-order valence-corrected chi connectivity index (χ4v) is 2.39. The van der Waals surface area contributed by atoms with E-state index < -0.39 is 10.0 Å². The standard InChI is InChI=1S/C12H19N2O2S/c1-11(2)13-9-6-10-14-17(15,16)12-7-4-3-5-8-12/h4-5,7-8,11,13-14H,6,9-10H2,1-2H3. The lowest BCUT2D eigenvalue weighted by molar-refractivity contribution is 0.554. The third-order valence-corrected chi connectivity index (χ3v) is 3.67. The molecule has 0 aliphatic carbocycles. The summed E-state index contributed by atoms with van der Waals surface area (Å²) in [6, 6.07) is 9.48. The van der Waals surface area contributed by atoms with Crippen LogP contribution in [0.25, 0.3) is 0 Å². The minimum atomic E-state index is -3.36. The molecule has 1 radical (unpaired) electrons. The van der Waals surface area contributed by atoms with Gasteiger partial charge in [-0.1, -0.05) is 26.0 Å². The highest BCUT2D eigenvalue weighted by Crippen LogP contribution is 2.06. The van der Waals surface area contributed by atoms with E-state index in [9.17, 15) is 8.42 Å². The van der Waals surface area contributed by atoms with Gasteiger partial charge in [0.2, 0.25) is 10.0 Å². The van der Waals surface area contributed by atoms with E-state index in [4.69, 9.17) is 0 Å². The van der Waals surface area contributed by atoms with E-state index in [1.165, 1.54) is 12.1 Å². The van der Waals surface area contributed by atoms with Crippen LogP contribution in [0.4, 0.5) is 0 Å². The zero-order valence-corrected chi connectivity index (χ0v) is 11.0. The lowest BCUT2D eigenvalue weighted by Gasteiger charge is -2.09. The van der Waals surface area contributed by atoms with Gasteiger partial charge in [-0.15, -0.1) is 0 Å². The summed E-state index contributed by atoms with van der Waals surface area (Å²) < 4.78 is 26.1. The van der Waals surface area contributed by atoms with Crippen molar-refractivity contribution in [3.8, 4) is 0 Å². The first-order valence-corrected chi connectivity index (χ1v) is 7.20. The Morgan fingerprint density at radius 2 is 1.88 bits per heavy atom. The Kier molecular flexibility index (Phi) is 5.61. The summed E-state index contributed by atoms with van der Waals surface area (Å²) in [6.07, 6.45) is 0.774. The number of nitrogens with one attached hydrogen (secondary N) is 2. The summed E-state index contributed by atoms with van der Waals surface area (Å²) in [7, 11) is -3.36. The average molecular weight is 255 g/mol. The van der Waals surface area contributed by atoms with Crippen LogP contribution in [0.3, 0.4) is 0 Å². The van der Waals surface area contributed by atoms with Crippen LogP contribution in [-0.4, -0.2) is 27.5 Å². The number of sulfonamides is 1. The van der Waals surface area contributed by atoms with Crippen LogP contribution in [0.2, 0.25) is 0 Å². The molecule has 0 saturated heterocycles. The zero-order chi connectivity index (χ0) is 12.7. The second kappa shape index (κ2) is 6.74. The Labute approximate surface area is 103 Å². The number of rotatable bonds is 7. The first-order valence-electron chi connectivity index (χ1n) is 5.71. The van der Waals surface area contributed by atoms with Gasteiger partial charge in [0.25, 0.3) is 0 Å². The molecular formula is C12H19N2O2S. The van der Waals surface area contributed by atoms with Gasteiger partial charge in [-0.05, 0) is 31.2 Å². The monoisotopic (exact) mass is 255 g/mol. The second-order valence-corrected chi connectivity index (χ2v) is 5.86. The lowest BCUT2D eigenvalue weighted by Crippen LogP contribution is -2.29. The fraction of sp³-hybridized carbons (Fsp3) is 0.500. The van der Waals surface area contributed by atoms with E-state index in [0.717, 1.165) is 13.0 Å². The molecule has 95 valence electrons. The van der Waals surface area contributed by atoms with Crippen LogP contribution < -0.4 is 10.0 Å². The molecule has 0 bridgehead atoms. The molecule has 0 aliphatic rings. The molecule has 4 nitrogen and oxygen atoms in total. The van der Waals surface area contributed by atoms with Gasteiger partial charge in [0.05, 0.1) is 4.90 Å². The molecule has 0 spiro atoms. The SMILES string of the molecule is CC(C)NCCCNS(=O)(=O)c1cc[c]cc1. The van der Waals surface area contributed by atoms with E-state index in [1.54, 1.807) is 12.1 Å². The van der Waals surface area contributed by atoms with Gasteiger partial charge in [0.15, 0.2) is 0 Å². The maximum atomic E-state index is 11.8. The van der Waals surface area contributed by atoms with Crippen LogP contribution in [0.5, 0.6) is 0 Å². The van der Waals surface area contributed by atoms with Gasteiger partial charge < -0.3 is 5.32 Å². The molecular weight excluding hydrogens is 236 g/mol. The van der Waals surface area contributed by atoms with E-state index in [1.807, 2.05) is 0 Å². The minimum Gasteiger partial charge on any atom is -0.314 e. The molecule has 1 aromatic rings. The molecule has 0 aromatic heterocycles. The highest BCUT2D eigenvalue weighted by atomic mass is 32.2. The van der Waals surface area contributed by atoms with Gasteiger partial charge in [-0.25, -0.2) is 13.1 Å². The summed E-state index contributed by atoms with van der Waals surface area (Å²) in [5, 5.41) is 3.23. The Balaban J connectivity index is 2.36. The molecule has 1 aromatic carbocycles. The van der Waals surface area contributed by atoms with E-state index in [0.29, 0.717) is 12.6 Å². The lowest BCUT2D eigenvalue weighted by atomic mass is 10.3. The average Bonchev–Trinajstić information content (AvgIpc) is 2.29. The maximum absolute atomic E-state index is 11.8. The molecule has 0 aliphatic heterocycles. The summed E-state index contributed by atoms with van der Waals surface area (Å²) in [6.45, 7) is 5.37. The van der Waals surface area contributed by atoms with Crippen molar-refractivity contribution in [2.45, 2.75) is 31.2 Å². The second-order valence-electron chi connectivity index (χ2n) is 4.10. The summed E-state index contributed by atoms with van der Waals surface area (Å²) in [5.74, 6) is 0. The Morgan fingerprint density at radius 3 is 2.47 bits per heavy atom. The van der Waals surface area contributed by atoms with Crippen molar-refractivity contribution in [1.29, 1.82) is 0 Å². The van der Waals surface area contributed by atoms with Gasteiger partial charge in [-0.2, -0.15) is 0 Å². The molecule has 0 atom stereocenters. The van der Waals surface area contributed by atoms with Gasteiger partial charge >= 0.3 is 0 Å². The minimum absolute atomic E-state index is 0.285. The van der Waals surface area contributed by atoms with Gasteiger partial charge in [-0.3, -0.25) is 0 Å². The van der Waals surface area contributed by atoms with Crippen LogP contribution >= 0.6 is 0 Å². The highest BCUT2D eigenvalue weighted by molar-refractivity contribution is 7.89. The van der Waals surface area contributed by atoms with Crippen LogP contribution in [-0.2, 0) is 10.0 Å². The fourth-order valence-electron chi connectivity index (χ4n) is 1.32. The molecule has 5 heteroatoms. The summed E-state index contributed by atoms with van der Waals surface area (Å²) in [4.78, 5) is 0.285. The van der Waals surface area contributed by atoms with E-state index in [-0.39, 0.29) is 4.90 Å². The molecule has 0 unspecified atom stereocenters. The van der Waals surface area contributed by atoms with Gasteiger partial charge in [0.1, 0.15) is 0 Å². The Morgan fingerprint density at radius 1 is 1.24 bits per heavy atom. The first kappa shape index (κ1) is 14.2. The molecule has 0 fully saturated rings. The van der Waals surface area contributed by atoms with Crippen molar-refractivity contribution >= 4 is 10.0 Å².